The van der Waals surface area contributed by atoms with Gasteiger partial charge < -0.3 is 5.32 Å². The maximum atomic E-state index is 11.9. The quantitative estimate of drug-likeness (QED) is 0.474. The van der Waals surface area contributed by atoms with E-state index < -0.39 is 11.9 Å². The van der Waals surface area contributed by atoms with Gasteiger partial charge >= 0.3 is 6.03 Å². The molecule has 0 fully saturated rings. The number of anilines is 1. The Bertz CT molecular complexity index is 939. The number of benzene rings is 1. The van der Waals surface area contributed by atoms with Gasteiger partial charge in [0.1, 0.15) is 5.82 Å². The Morgan fingerprint density at radius 2 is 2.04 bits per heavy atom. The summed E-state index contributed by atoms with van der Waals surface area (Å²) in [6, 6.07) is 10.4. The summed E-state index contributed by atoms with van der Waals surface area (Å²) in [5.74, 6) is 0.189. The highest BCUT2D eigenvalue weighted by Gasteiger charge is 2.10. The van der Waals surface area contributed by atoms with Crippen LogP contribution in [-0.4, -0.2) is 32.9 Å². The van der Waals surface area contributed by atoms with Crippen molar-refractivity contribution in [3.05, 3.63) is 57.0 Å². The Hall–Kier alpha value is -2.43. The number of amides is 3. The highest BCUT2D eigenvalue weighted by atomic mass is 79.9. The van der Waals surface area contributed by atoms with Gasteiger partial charge in [-0.05, 0) is 47.9 Å². The number of hydrogen-bond donors (Lipinski definition) is 3. The van der Waals surface area contributed by atoms with E-state index in [1.807, 2.05) is 29.7 Å². The molecule has 3 aromatic rings. The maximum Gasteiger partial charge on any atom is 0.325 e. The van der Waals surface area contributed by atoms with Gasteiger partial charge in [0, 0.05) is 15.0 Å². The van der Waals surface area contributed by atoms with Crippen LogP contribution in [0.5, 0.6) is 0 Å². The lowest BCUT2D eigenvalue weighted by molar-refractivity contribution is -0.117. The second-order valence-corrected chi connectivity index (χ2v) is 7.99. The first-order chi connectivity index (χ1) is 13.1. The summed E-state index contributed by atoms with van der Waals surface area (Å²) >= 11 is 6.08. The van der Waals surface area contributed by atoms with Crippen LogP contribution < -0.4 is 10.6 Å². The van der Waals surface area contributed by atoms with Crippen molar-refractivity contribution in [1.29, 1.82) is 0 Å². The number of carbonyl (C=O) groups is 2. The summed E-state index contributed by atoms with van der Waals surface area (Å²) in [7, 11) is 0. The van der Waals surface area contributed by atoms with E-state index in [9.17, 15) is 9.59 Å². The monoisotopic (exact) mass is 463 g/mol. The average molecular weight is 464 g/mol. The van der Waals surface area contributed by atoms with E-state index in [2.05, 4.69) is 41.7 Å². The molecule has 0 bridgehead atoms. The highest BCUT2D eigenvalue weighted by Crippen LogP contribution is 2.16. The van der Waals surface area contributed by atoms with Crippen LogP contribution in [0.3, 0.4) is 0 Å². The Labute approximate surface area is 171 Å². The van der Waals surface area contributed by atoms with Crippen LogP contribution in [0.4, 0.5) is 10.5 Å². The van der Waals surface area contributed by atoms with Crippen molar-refractivity contribution in [3.63, 3.8) is 0 Å². The predicted octanol–water partition coefficient (Wildman–Crippen LogP) is 4.24. The van der Waals surface area contributed by atoms with E-state index in [0.717, 1.165) is 21.1 Å². The van der Waals surface area contributed by atoms with Crippen molar-refractivity contribution >= 4 is 68.8 Å². The highest BCUT2D eigenvalue weighted by molar-refractivity contribution is 9.10. The molecule has 1 aromatic carbocycles. The van der Waals surface area contributed by atoms with Gasteiger partial charge in [0.05, 0.1) is 5.75 Å². The number of carbonyl (C=O) groups excluding carboxylic acids is 2. The fourth-order valence-electron chi connectivity index (χ4n) is 1.93. The van der Waals surface area contributed by atoms with E-state index in [-0.39, 0.29) is 5.75 Å². The van der Waals surface area contributed by atoms with Crippen LogP contribution in [0.1, 0.15) is 10.7 Å². The van der Waals surface area contributed by atoms with Crippen LogP contribution in [0.2, 0.25) is 0 Å². The Kier molecular flexibility index (Phi) is 6.80. The van der Waals surface area contributed by atoms with Crippen molar-refractivity contribution in [2.24, 2.45) is 0 Å². The smallest absolute Gasteiger partial charge is 0.308 e. The molecule has 0 unspecified atom stereocenters. The molecule has 3 amide bonds. The third kappa shape index (κ3) is 6.35. The third-order valence-electron chi connectivity index (χ3n) is 3.12. The normalized spacial score (nSPS) is 10.9. The summed E-state index contributed by atoms with van der Waals surface area (Å²) in [6.07, 6.45) is 3.74. The molecule has 10 heteroatoms. The van der Waals surface area contributed by atoms with Gasteiger partial charge in [0.25, 0.3) is 0 Å². The Morgan fingerprint density at radius 3 is 2.78 bits per heavy atom. The lowest BCUT2D eigenvalue weighted by Gasteiger charge is -2.06. The molecule has 3 N–H and O–H groups in total. The minimum absolute atomic E-state index is 0.0275. The predicted molar refractivity (Wildman–Crippen MR) is 112 cm³/mol. The number of halogens is 1. The molecule has 0 radical (unpaired) electrons. The first kappa shape index (κ1) is 19.3. The molecule has 7 nitrogen and oxygen atoms in total. The summed E-state index contributed by atoms with van der Waals surface area (Å²) < 4.78 is 0.900. The van der Waals surface area contributed by atoms with E-state index in [0.29, 0.717) is 16.7 Å². The summed E-state index contributed by atoms with van der Waals surface area (Å²) in [6.45, 7) is 0. The van der Waals surface area contributed by atoms with Crippen molar-refractivity contribution in [2.75, 3.05) is 11.1 Å². The molecule has 27 heavy (non-hydrogen) atoms. The van der Waals surface area contributed by atoms with Crippen LogP contribution in [-0.2, 0) is 4.79 Å². The van der Waals surface area contributed by atoms with Crippen molar-refractivity contribution in [2.45, 2.75) is 5.16 Å². The second-order valence-electron chi connectivity index (χ2n) is 5.15. The van der Waals surface area contributed by atoms with Gasteiger partial charge in [-0.1, -0.05) is 33.8 Å². The zero-order chi connectivity index (χ0) is 19.1. The minimum atomic E-state index is -0.586. The Morgan fingerprint density at radius 1 is 1.22 bits per heavy atom. The molecular formula is C17H14BrN5O2S2. The number of thiophene rings is 1. The second kappa shape index (κ2) is 9.49. The van der Waals surface area contributed by atoms with E-state index >= 15 is 0 Å². The first-order valence-electron chi connectivity index (χ1n) is 7.72. The zero-order valence-corrected chi connectivity index (χ0v) is 17.0. The molecule has 0 aliphatic carbocycles. The molecule has 3 rings (SSSR count). The fourth-order valence-corrected chi connectivity index (χ4v) is 3.42. The standard InChI is InChI=1S/C17H14BrN5O2S2/c18-11-3-5-12(6-4-11)19-16(25)21-15(24)10-27-17-20-14(22-23-17)8-7-13-2-1-9-26-13/h1-9H,10H2,(H,20,22,23)(H2,19,21,24,25)/b8-7+. The van der Waals surface area contributed by atoms with Gasteiger partial charge in [-0.2, -0.15) is 0 Å². The van der Waals surface area contributed by atoms with Gasteiger partial charge in [-0.3, -0.25) is 15.2 Å². The third-order valence-corrected chi connectivity index (χ3v) is 5.33. The minimum Gasteiger partial charge on any atom is -0.308 e. The van der Waals surface area contributed by atoms with Crippen LogP contribution >= 0.6 is 39.0 Å². The lowest BCUT2D eigenvalue weighted by atomic mass is 10.3. The molecule has 0 aliphatic rings. The van der Waals surface area contributed by atoms with Crippen molar-refractivity contribution in [1.82, 2.24) is 20.5 Å². The number of aromatic amines is 1. The van der Waals surface area contributed by atoms with Gasteiger partial charge in [0.15, 0.2) is 0 Å². The first-order valence-corrected chi connectivity index (χ1v) is 10.4. The molecule has 2 heterocycles. The molecule has 138 valence electrons. The van der Waals surface area contributed by atoms with Gasteiger partial charge in [-0.25, -0.2) is 9.78 Å². The number of nitrogens with zero attached hydrogens (tertiary/aromatic N) is 2. The summed E-state index contributed by atoms with van der Waals surface area (Å²) in [4.78, 5) is 29.1. The summed E-state index contributed by atoms with van der Waals surface area (Å²) in [5, 5.41) is 14.1. The number of urea groups is 1. The van der Waals surface area contributed by atoms with Gasteiger partial charge in [-0.15, -0.1) is 16.4 Å². The van der Waals surface area contributed by atoms with Crippen LogP contribution in [0.25, 0.3) is 12.2 Å². The number of imide groups is 1. The van der Waals surface area contributed by atoms with Gasteiger partial charge in [0.2, 0.25) is 11.1 Å². The molecule has 0 saturated carbocycles. The molecular weight excluding hydrogens is 450 g/mol. The SMILES string of the molecule is O=C(CSc1n[nH]c(/C=C/c2cccs2)n1)NC(=O)Nc1ccc(Br)cc1. The number of rotatable bonds is 6. The van der Waals surface area contributed by atoms with E-state index in [1.54, 1.807) is 35.6 Å². The fraction of sp³-hybridized carbons (Fsp3) is 0.0588. The molecule has 0 saturated heterocycles. The van der Waals surface area contributed by atoms with Crippen molar-refractivity contribution < 1.29 is 9.59 Å². The van der Waals surface area contributed by atoms with Crippen LogP contribution in [0.15, 0.2) is 51.4 Å². The number of hydrogen-bond acceptors (Lipinski definition) is 6. The molecule has 0 aliphatic heterocycles. The summed E-state index contributed by atoms with van der Waals surface area (Å²) in [5.41, 5.74) is 0.590. The Balaban J connectivity index is 1.43. The average Bonchev–Trinajstić information content (AvgIpc) is 3.32. The molecule has 0 spiro atoms. The van der Waals surface area contributed by atoms with Crippen molar-refractivity contribution in [3.8, 4) is 0 Å². The number of thioether (sulfide) groups is 1. The number of aromatic nitrogens is 3. The van der Waals surface area contributed by atoms with Crippen LogP contribution in [0, 0.1) is 0 Å². The maximum absolute atomic E-state index is 11.9. The zero-order valence-electron chi connectivity index (χ0n) is 13.8. The lowest BCUT2D eigenvalue weighted by Crippen LogP contribution is -2.35. The largest absolute Gasteiger partial charge is 0.325 e. The number of H-pyrrole nitrogens is 1. The van der Waals surface area contributed by atoms with E-state index in [1.165, 1.54) is 0 Å². The number of nitrogens with one attached hydrogen (secondary N) is 3. The molecule has 0 atom stereocenters. The van der Waals surface area contributed by atoms with E-state index in [4.69, 9.17) is 0 Å². The topological polar surface area (TPSA) is 99.8 Å². The molecule has 2 aromatic heterocycles.